The Balaban J connectivity index is 1.99. The minimum absolute atomic E-state index is 0.314. The summed E-state index contributed by atoms with van der Waals surface area (Å²) < 4.78 is 10.6. The molecule has 0 bridgehead atoms. The lowest BCUT2D eigenvalue weighted by atomic mass is 10.1. The largest absolute Gasteiger partial charge is 0.493 e. The molecule has 1 aromatic heterocycles. The van der Waals surface area contributed by atoms with E-state index in [1.54, 1.807) is 36.5 Å². The standard InChI is InChI=1S/C15H18N2O3S/c1-3-19-15(18)12-8-11(4-5-13(12)16)20-7-6-14-10(2)17-9-21-14/h4-5,8-9H,3,6-7,16H2,1-2H3. The van der Waals surface area contributed by atoms with Gasteiger partial charge in [-0.2, -0.15) is 0 Å². The molecule has 1 aromatic carbocycles. The molecule has 2 rings (SSSR count). The van der Waals surface area contributed by atoms with E-state index >= 15 is 0 Å². The second-order valence-electron chi connectivity index (χ2n) is 4.43. The van der Waals surface area contributed by atoms with E-state index in [9.17, 15) is 4.79 Å². The molecular weight excluding hydrogens is 288 g/mol. The lowest BCUT2D eigenvalue weighted by Gasteiger charge is -2.09. The Labute approximate surface area is 127 Å². The number of hydrogen-bond donors (Lipinski definition) is 1. The minimum atomic E-state index is -0.432. The highest BCUT2D eigenvalue weighted by Crippen LogP contribution is 2.21. The van der Waals surface area contributed by atoms with E-state index in [4.69, 9.17) is 15.2 Å². The molecule has 21 heavy (non-hydrogen) atoms. The van der Waals surface area contributed by atoms with Crippen molar-refractivity contribution in [1.29, 1.82) is 0 Å². The number of carbonyl (C=O) groups excluding carboxylic acids is 1. The third kappa shape index (κ3) is 3.95. The molecule has 0 atom stereocenters. The van der Waals surface area contributed by atoms with Gasteiger partial charge in [-0.1, -0.05) is 0 Å². The molecule has 0 saturated heterocycles. The van der Waals surface area contributed by atoms with Gasteiger partial charge >= 0.3 is 5.97 Å². The summed E-state index contributed by atoms with van der Waals surface area (Å²) in [7, 11) is 0. The first-order valence-corrected chi connectivity index (χ1v) is 7.58. The fraction of sp³-hybridized carbons (Fsp3) is 0.333. The summed E-state index contributed by atoms with van der Waals surface area (Å²) in [5, 5.41) is 0. The molecule has 2 N–H and O–H groups in total. The van der Waals surface area contributed by atoms with E-state index in [-0.39, 0.29) is 0 Å². The number of rotatable bonds is 6. The smallest absolute Gasteiger partial charge is 0.340 e. The summed E-state index contributed by atoms with van der Waals surface area (Å²) >= 11 is 1.62. The van der Waals surface area contributed by atoms with E-state index < -0.39 is 5.97 Å². The van der Waals surface area contributed by atoms with Crippen LogP contribution in [0.15, 0.2) is 23.7 Å². The number of esters is 1. The van der Waals surface area contributed by atoms with Crippen LogP contribution in [-0.2, 0) is 11.2 Å². The number of benzene rings is 1. The predicted octanol–water partition coefficient (Wildman–Crippen LogP) is 2.83. The van der Waals surface area contributed by atoms with Crippen LogP contribution < -0.4 is 10.5 Å². The monoisotopic (exact) mass is 306 g/mol. The summed E-state index contributed by atoms with van der Waals surface area (Å²) in [6.45, 7) is 4.57. The zero-order valence-electron chi connectivity index (χ0n) is 12.1. The molecule has 2 aromatic rings. The molecular formula is C15H18N2O3S. The van der Waals surface area contributed by atoms with Gasteiger partial charge in [0.05, 0.1) is 30.0 Å². The molecule has 112 valence electrons. The van der Waals surface area contributed by atoms with Gasteiger partial charge in [0.15, 0.2) is 0 Å². The molecule has 0 spiro atoms. The summed E-state index contributed by atoms with van der Waals surface area (Å²) in [5.41, 5.74) is 9.37. The average Bonchev–Trinajstić information content (AvgIpc) is 2.86. The van der Waals surface area contributed by atoms with Gasteiger partial charge in [0.2, 0.25) is 0 Å². The number of thiazole rings is 1. The van der Waals surface area contributed by atoms with Gasteiger partial charge in [0, 0.05) is 17.0 Å². The molecule has 0 aliphatic rings. The van der Waals surface area contributed by atoms with Crippen molar-refractivity contribution < 1.29 is 14.3 Å². The number of nitrogens with zero attached hydrogens (tertiary/aromatic N) is 1. The maximum Gasteiger partial charge on any atom is 0.340 e. The maximum absolute atomic E-state index is 11.8. The van der Waals surface area contributed by atoms with Crippen LogP contribution in [0.3, 0.4) is 0 Å². The molecule has 0 radical (unpaired) electrons. The van der Waals surface area contributed by atoms with Crippen LogP contribution >= 0.6 is 11.3 Å². The number of hydrogen-bond acceptors (Lipinski definition) is 6. The molecule has 0 amide bonds. The number of anilines is 1. The number of aryl methyl sites for hydroxylation is 1. The fourth-order valence-corrected chi connectivity index (χ4v) is 2.60. The molecule has 0 aliphatic heterocycles. The molecule has 0 fully saturated rings. The van der Waals surface area contributed by atoms with Crippen molar-refractivity contribution in [1.82, 2.24) is 4.98 Å². The third-order valence-corrected chi connectivity index (χ3v) is 3.96. The lowest BCUT2D eigenvalue weighted by Crippen LogP contribution is -2.09. The number of carbonyl (C=O) groups is 1. The molecule has 5 nitrogen and oxygen atoms in total. The molecule has 6 heteroatoms. The second kappa shape index (κ2) is 7.08. The Morgan fingerprint density at radius 3 is 2.90 bits per heavy atom. The Kier molecular flexibility index (Phi) is 5.16. The van der Waals surface area contributed by atoms with Crippen molar-refractivity contribution >= 4 is 23.0 Å². The molecule has 0 saturated carbocycles. The zero-order chi connectivity index (χ0) is 15.2. The van der Waals surface area contributed by atoms with Crippen molar-refractivity contribution in [2.45, 2.75) is 20.3 Å². The van der Waals surface area contributed by atoms with Gasteiger partial charge in [-0.05, 0) is 32.0 Å². The van der Waals surface area contributed by atoms with Crippen LogP contribution in [0.5, 0.6) is 5.75 Å². The number of nitrogens with two attached hydrogens (primary N) is 1. The summed E-state index contributed by atoms with van der Waals surface area (Å²) in [4.78, 5) is 17.2. The summed E-state index contributed by atoms with van der Waals surface area (Å²) in [6.07, 6.45) is 0.787. The molecule has 1 heterocycles. The molecule has 0 unspecified atom stereocenters. The minimum Gasteiger partial charge on any atom is -0.493 e. The van der Waals surface area contributed by atoms with Gasteiger partial charge in [-0.3, -0.25) is 0 Å². The van der Waals surface area contributed by atoms with Gasteiger partial charge in [0.1, 0.15) is 5.75 Å². The van der Waals surface area contributed by atoms with Crippen LogP contribution in [0, 0.1) is 6.92 Å². The second-order valence-corrected chi connectivity index (χ2v) is 5.37. The first-order chi connectivity index (χ1) is 10.1. The van der Waals surface area contributed by atoms with Crippen LogP contribution in [-0.4, -0.2) is 24.2 Å². The Hall–Kier alpha value is -2.08. The SMILES string of the molecule is CCOC(=O)c1cc(OCCc2scnc2C)ccc1N. The normalized spacial score (nSPS) is 10.4. The van der Waals surface area contributed by atoms with E-state index in [0.29, 0.717) is 30.2 Å². The Bertz CT molecular complexity index is 625. The first-order valence-electron chi connectivity index (χ1n) is 6.70. The summed E-state index contributed by atoms with van der Waals surface area (Å²) in [5.74, 6) is 0.174. The van der Waals surface area contributed by atoms with Crippen molar-refractivity contribution in [2.24, 2.45) is 0 Å². The number of ether oxygens (including phenoxy) is 2. The van der Waals surface area contributed by atoms with Gasteiger partial charge < -0.3 is 15.2 Å². The number of aromatic nitrogens is 1. The van der Waals surface area contributed by atoms with Gasteiger partial charge in [0.25, 0.3) is 0 Å². The average molecular weight is 306 g/mol. The van der Waals surface area contributed by atoms with Gasteiger partial charge in [-0.15, -0.1) is 11.3 Å². The third-order valence-electron chi connectivity index (χ3n) is 2.96. The predicted molar refractivity (Wildman–Crippen MR) is 82.9 cm³/mol. The van der Waals surface area contributed by atoms with E-state index in [2.05, 4.69) is 4.98 Å². The lowest BCUT2D eigenvalue weighted by molar-refractivity contribution is 0.0527. The van der Waals surface area contributed by atoms with Crippen LogP contribution in [0.1, 0.15) is 27.9 Å². The van der Waals surface area contributed by atoms with Crippen molar-refractivity contribution in [3.63, 3.8) is 0 Å². The zero-order valence-corrected chi connectivity index (χ0v) is 12.9. The van der Waals surface area contributed by atoms with E-state index in [0.717, 1.165) is 12.1 Å². The highest BCUT2D eigenvalue weighted by Gasteiger charge is 2.12. The summed E-state index contributed by atoms with van der Waals surface area (Å²) in [6, 6.07) is 5.02. The topological polar surface area (TPSA) is 74.4 Å². The van der Waals surface area contributed by atoms with Crippen molar-refractivity contribution in [2.75, 3.05) is 18.9 Å². The Morgan fingerprint density at radius 1 is 1.43 bits per heavy atom. The van der Waals surface area contributed by atoms with Crippen molar-refractivity contribution in [3.8, 4) is 5.75 Å². The van der Waals surface area contributed by atoms with Gasteiger partial charge in [-0.25, -0.2) is 9.78 Å². The number of nitrogen functional groups attached to an aromatic ring is 1. The van der Waals surface area contributed by atoms with Crippen molar-refractivity contribution in [3.05, 3.63) is 39.8 Å². The van der Waals surface area contributed by atoms with E-state index in [1.165, 1.54) is 4.88 Å². The highest BCUT2D eigenvalue weighted by atomic mass is 32.1. The first kappa shape index (κ1) is 15.3. The maximum atomic E-state index is 11.8. The fourth-order valence-electron chi connectivity index (χ4n) is 1.84. The molecule has 0 aliphatic carbocycles. The van der Waals surface area contributed by atoms with Crippen LogP contribution in [0.4, 0.5) is 5.69 Å². The van der Waals surface area contributed by atoms with E-state index in [1.807, 2.05) is 12.4 Å². The van der Waals surface area contributed by atoms with Crippen LogP contribution in [0.25, 0.3) is 0 Å². The highest BCUT2D eigenvalue weighted by molar-refractivity contribution is 7.09. The quantitative estimate of drug-likeness (QED) is 0.656. The Morgan fingerprint density at radius 2 is 2.24 bits per heavy atom. The van der Waals surface area contributed by atoms with Crippen LogP contribution in [0.2, 0.25) is 0 Å².